The van der Waals surface area contributed by atoms with Gasteiger partial charge in [0.05, 0.1) is 0 Å². The molecule has 2 aliphatic rings. The van der Waals surface area contributed by atoms with Crippen molar-refractivity contribution in [1.82, 2.24) is 15.4 Å². The van der Waals surface area contributed by atoms with Crippen LogP contribution in [0.25, 0.3) is 0 Å². The van der Waals surface area contributed by atoms with Crippen LogP contribution in [0, 0.1) is 0 Å². The number of amides is 2. The van der Waals surface area contributed by atoms with Gasteiger partial charge in [-0.05, 0) is 12.8 Å². The number of hydrogen-bond donors (Lipinski definition) is 3. The average Bonchev–Trinajstić information content (AvgIpc) is 3.04. The molecule has 1 unspecified atom stereocenters. The van der Waals surface area contributed by atoms with Gasteiger partial charge in [0.25, 0.3) is 11.8 Å². The van der Waals surface area contributed by atoms with Gasteiger partial charge in [0, 0.05) is 12.4 Å². The number of carbonyl (C=O) groups excluding carboxylic acids is 2. The van der Waals surface area contributed by atoms with Gasteiger partial charge >= 0.3 is 10.4 Å². The van der Waals surface area contributed by atoms with E-state index in [0.717, 1.165) is 30.6 Å². The largest absolute Gasteiger partial charge is 0.418 e. The highest BCUT2D eigenvalue weighted by molar-refractivity contribution is 7.80. The second kappa shape index (κ2) is 7.14. The zero-order valence-electron chi connectivity index (χ0n) is 14.4. The third-order valence-corrected chi connectivity index (χ3v) is 5.77. The molecule has 1 saturated carbocycles. The number of aromatic nitrogens is 1. The topological polar surface area (TPSA) is 164 Å². The molecular formula is C14H19N5O6S2. The number of nitrogens with two attached hydrogens (primary N) is 1. The molecule has 1 aromatic rings. The molecule has 0 radical (unpaired) electrons. The van der Waals surface area contributed by atoms with Gasteiger partial charge in [-0.3, -0.25) is 19.1 Å². The van der Waals surface area contributed by atoms with E-state index in [-0.39, 0.29) is 16.5 Å². The molecule has 2 heterocycles. The number of hydrogen-bond acceptors (Lipinski definition) is 9. The first-order valence-electron chi connectivity index (χ1n) is 8.18. The lowest BCUT2D eigenvalue weighted by Gasteiger charge is -2.56. The Morgan fingerprint density at radius 2 is 2.15 bits per heavy atom. The molecule has 13 heteroatoms. The van der Waals surface area contributed by atoms with Gasteiger partial charge < -0.3 is 11.1 Å². The molecule has 1 aliphatic carbocycles. The number of nitrogens with one attached hydrogen (secondary N) is 1. The number of β-lactam (4-membered cyclic amide) rings is 1. The molecule has 148 valence electrons. The van der Waals surface area contributed by atoms with E-state index < -0.39 is 33.8 Å². The molecule has 1 atom stereocenters. The number of rotatable bonds is 5. The zero-order chi connectivity index (χ0) is 19.8. The summed E-state index contributed by atoms with van der Waals surface area (Å²) in [4.78, 5) is 33.0. The van der Waals surface area contributed by atoms with E-state index in [2.05, 4.69) is 19.6 Å². The molecule has 0 aromatic carbocycles. The Hall–Kier alpha value is -2.09. The number of nitrogen functional groups attached to an aromatic ring is 1. The Morgan fingerprint density at radius 3 is 2.67 bits per heavy atom. The standard InChI is InChI=1S/C14H19N5O6S2/c1-16-9(8-7-26-13(15)17-8)11(20)18-10-12(21)19(25-27(22,23)24)14(10)5-3-2-4-6-14/h7,10H,2-6H2,1H3,(H2,15,17)(H,18,20)(H,22,23,24). The van der Waals surface area contributed by atoms with Crippen molar-refractivity contribution in [1.29, 1.82) is 0 Å². The fraction of sp³-hybridized carbons (Fsp3) is 0.571. The molecule has 1 aliphatic heterocycles. The van der Waals surface area contributed by atoms with E-state index in [9.17, 15) is 18.0 Å². The van der Waals surface area contributed by atoms with E-state index in [0.29, 0.717) is 17.9 Å². The smallest absolute Gasteiger partial charge is 0.375 e. The van der Waals surface area contributed by atoms with Crippen molar-refractivity contribution in [2.45, 2.75) is 43.7 Å². The molecule has 1 saturated heterocycles. The SMILES string of the molecule is CN=C(C(=O)NC1C(=O)N(OS(=O)(=O)O)C12CCCCC2)c1csc(N)n1. The van der Waals surface area contributed by atoms with E-state index >= 15 is 0 Å². The molecule has 4 N–H and O–H groups in total. The lowest BCUT2D eigenvalue weighted by Crippen LogP contribution is -2.79. The van der Waals surface area contributed by atoms with Gasteiger partial charge in [-0.1, -0.05) is 19.3 Å². The summed E-state index contributed by atoms with van der Waals surface area (Å²) in [5.41, 5.74) is 4.85. The first kappa shape index (κ1) is 19.7. The second-order valence-corrected chi connectivity index (χ2v) is 8.24. The highest BCUT2D eigenvalue weighted by Crippen LogP contribution is 2.44. The Kier molecular flexibility index (Phi) is 5.20. The molecule has 1 aromatic heterocycles. The van der Waals surface area contributed by atoms with E-state index in [1.54, 1.807) is 5.38 Å². The lowest BCUT2D eigenvalue weighted by molar-refractivity contribution is -0.232. The van der Waals surface area contributed by atoms with Gasteiger partial charge in [0.15, 0.2) is 5.13 Å². The maximum absolute atomic E-state index is 12.7. The summed E-state index contributed by atoms with van der Waals surface area (Å²) in [6, 6.07) is -0.986. The first-order valence-corrected chi connectivity index (χ1v) is 10.4. The molecule has 1 spiro atoms. The van der Waals surface area contributed by atoms with Crippen molar-refractivity contribution in [2.24, 2.45) is 4.99 Å². The fourth-order valence-corrected chi connectivity index (χ4v) is 4.56. The predicted octanol–water partition coefficient (Wildman–Crippen LogP) is -0.0915. The highest BCUT2D eigenvalue weighted by atomic mass is 32.3. The van der Waals surface area contributed by atoms with Gasteiger partial charge in [-0.25, -0.2) is 4.98 Å². The summed E-state index contributed by atoms with van der Waals surface area (Å²) >= 11 is 1.15. The van der Waals surface area contributed by atoms with Crippen LogP contribution in [0.1, 0.15) is 37.8 Å². The van der Waals surface area contributed by atoms with Gasteiger partial charge in [0.1, 0.15) is 23.0 Å². The molecule has 2 amide bonds. The van der Waals surface area contributed by atoms with Gasteiger partial charge in [-0.2, -0.15) is 13.5 Å². The third kappa shape index (κ3) is 3.67. The van der Waals surface area contributed by atoms with Crippen molar-refractivity contribution >= 4 is 44.4 Å². The summed E-state index contributed by atoms with van der Waals surface area (Å²) in [7, 11) is -3.45. The summed E-state index contributed by atoms with van der Waals surface area (Å²) in [5, 5.41) is 5.12. The Labute approximate surface area is 159 Å². The monoisotopic (exact) mass is 417 g/mol. The molecule has 3 rings (SSSR count). The number of anilines is 1. The van der Waals surface area contributed by atoms with Crippen molar-refractivity contribution in [2.75, 3.05) is 12.8 Å². The zero-order valence-corrected chi connectivity index (χ0v) is 16.0. The molecule has 27 heavy (non-hydrogen) atoms. The normalized spacial score (nSPS) is 22.6. The second-order valence-electron chi connectivity index (χ2n) is 6.35. The van der Waals surface area contributed by atoms with Crippen molar-refractivity contribution in [3.05, 3.63) is 11.1 Å². The van der Waals surface area contributed by atoms with Crippen molar-refractivity contribution in [3.63, 3.8) is 0 Å². The molecule has 2 fully saturated rings. The minimum atomic E-state index is -4.86. The van der Waals surface area contributed by atoms with Crippen LogP contribution >= 0.6 is 11.3 Å². The van der Waals surface area contributed by atoms with Crippen LogP contribution < -0.4 is 11.1 Å². The summed E-state index contributed by atoms with van der Waals surface area (Å²) in [5.74, 6) is -1.38. The minimum Gasteiger partial charge on any atom is -0.375 e. The van der Waals surface area contributed by atoms with Crippen LogP contribution in [-0.2, 0) is 24.3 Å². The Morgan fingerprint density at radius 1 is 1.48 bits per heavy atom. The van der Waals surface area contributed by atoms with Crippen LogP contribution in [0.2, 0.25) is 0 Å². The summed E-state index contributed by atoms with van der Waals surface area (Å²) in [6.45, 7) is 0. The fourth-order valence-electron chi connectivity index (χ4n) is 3.60. The number of thiazole rings is 1. The van der Waals surface area contributed by atoms with Crippen LogP contribution in [-0.4, -0.2) is 59.2 Å². The van der Waals surface area contributed by atoms with Crippen LogP contribution in [0.3, 0.4) is 0 Å². The lowest BCUT2D eigenvalue weighted by atomic mass is 9.70. The van der Waals surface area contributed by atoms with Crippen LogP contribution in [0.15, 0.2) is 10.4 Å². The van der Waals surface area contributed by atoms with E-state index in [4.69, 9.17) is 10.3 Å². The Bertz CT molecular complexity index is 890. The van der Waals surface area contributed by atoms with Crippen LogP contribution in [0.5, 0.6) is 0 Å². The highest BCUT2D eigenvalue weighted by Gasteiger charge is 2.63. The Balaban J connectivity index is 1.82. The predicted molar refractivity (Wildman–Crippen MR) is 96.2 cm³/mol. The number of aliphatic imine (C=N–C) groups is 1. The van der Waals surface area contributed by atoms with Crippen LogP contribution in [0.4, 0.5) is 5.13 Å². The van der Waals surface area contributed by atoms with Gasteiger partial charge in [0.2, 0.25) is 0 Å². The third-order valence-electron chi connectivity index (χ3n) is 4.76. The molecule has 0 bridgehead atoms. The maximum atomic E-state index is 12.7. The quantitative estimate of drug-likeness (QED) is 0.340. The number of hydroxylamine groups is 2. The summed E-state index contributed by atoms with van der Waals surface area (Å²) in [6.07, 6.45) is 3.23. The van der Waals surface area contributed by atoms with Crippen molar-refractivity contribution < 1.29 is 26.8 Å². The first-order chi connectivity index (χ1) is 12.7. The summed E-state index contributed by atoms with van der Waals surface area (Å²) < 4.78 is 35.6. The van der Waals surface area contributed by atoms with Gasteiger partial charge in [-0.15, -0.1) is 15.6 Å². The molecular weight excluding hydrogens is 398 g/mol. The average molecular weight is 417 g/mol. The molecule has 11 nitrogen and oxygen atoms in total. The van der Waals surface area contributed by atoms with E-state index in [1.165, 1.54) is 7.05 Å². The maximum Gasteiger partial charge on any atom is 0.418 e. The number of nitrogens with zero attached hydrogens (tertiary/aromatic N) is 3. The van der Waals surface area contributed by atoms with Crippen molar-refractivity contribution in [3.8, 4) is 0 Å². The van der Waals surface area contributed by atoms with E-state index in [1.807, 2.05) is 0 Å². The minimum absolute atomic E-state index is 0.0101. The number of carbonyl (C=O) groups is 2.